The predicted octanol–water partition coefficient (Wildman–Crippen LogP) is 4.07. The topological polar surface area (TPSA) is 52.7 Å². The molecule has 0 aromatic carbocycles. The minimum absolute atomic E-state index is 0.00900. The van der Waals surface area contributed by atoms with Crippen molar-refractivity contribution in [3.8, 4) is 0 Å². The van der Waals surface area contributed by atoms with E-state index in [0.29, 0.717) is 5.39 Å². The summed E-state index contributed by atoms with van der Waals surface area (Å²) in [6.07, 6.45) is 13.1. The number of nitrogens with zero attached hydrogens (tertiary/aromatic N) is 4. The second-order valence-corrected chi connectivity index (χ2v) is 7.21. The molecule has 134 valence electrons. The molecule has 2 rings (SSSR count). The van der Waals surface area contributed by atoms with Crippen LogP contribution >= 0.6 is 11.8 Å². The monoisotopic (exact) mass is 350 g/mol. The first-order valence-electron chi connectivity index (χ1n) is 9.06. The summed E-state index contributed by atoms with van der Waals surface area (Å²) in [6.45, 7) is 2.25. The summed E-state index contributed by atoms with van der Waals surface area (Å²) in [7, 11) is 3.66. The molecule has 0 aliphatic carbocycles. The molecule has 0 saturated carbocycles. The van der Waals surface area contributed by atoms with Crippen molar-refractivity contribution in [1.82, 2.24) is 19.3 Å². The Morgan fingerprint density at radius 2 is 1.54 bits per heavy atom. The third-order valence-corrected chi connectivity index (χ3v) is 5.21. The number of rotatable bonds is 10. The molecular weight excluding hydrogens is 320 g/mol. The number of hydrogen-bond acceptors (Lipinski definition) is 4. The van der Waals surface area contributed by atoms with Crippen LogP contribution in [0.15, 0.2) is 9.95 Å². The molecule has 0 saturated heterocycles. The maximum atomic E-state index is 12.5. The Morgan fingerprint density at radius 1 is 0.917 bits per heavy atom. The smallest absolute Gasteiger partial charge is 0.268 e. The van der Waals surface area contributed by atoms with E-state index < -0.39 is 0 Å². The fraction of sp³-hybridized carbons (Fsp3) is 0.722. The van der Waals surface area contributed by atoms with E-state index >= 15 is 0 Å². The van der Waals surface area contributed by atoms with Crippen LogP contribution in [0, 0.1) is 0 Å². The van der Waals surface area contributed by atoms with Crippen LogP contribution in [0.2, 0.25) is 0 Å². The van der Waals surface area contributed by atoms with Crippen LogP contribution in [0.4, 0.5) is 0 Å². The van der Waals surface area contributed by atoms with E-state index in [2.05, 4.69) is 16.9 Å². The van der Waals surface area contributed by atoms with Crippen molar-refractivity contribution in [2.24, 2.45) is 14.1 Å². The molecule has 0 unspecified atom stereocenters. The van der Waals surface area contributed by atoms with Crippen molar-refractivity contribution in [3.05, 3.63) is 16.0 Å². The van der Waals surface area contributed by atoms with Gasteiger partial charge in [-0.05, 0) is 19.1 Å². The first kappa shape index (κ1) is 19.0. The third-order valence-electron chi connectivity index (χ3n) is 4.66. The van der Waals surface area contributed by atoms with Gasteiger partial charge in [0.1, 0.15) is 5.39 Å². The van der Waals surface area contributed by atoms with Gasteiger partial charge >= 0.3 is 0 Å². The molecule has 2 aromatic heterocycles. The summed E-state index contributed by atoms with van der Waals surface area (Å²) in [5, 5.41) is 1.44. The highest BCUT2D eigenvalue weighted by Gasteiger charge is 2.16. The van der Waals surface area contributed by atoms with Crippen LogP contribution in [0.1, 0.15) is 64.0 Å². The summed E-state index contributed by atoms with van der Waals surface area (Å²) in [5.74, 6) is 0. The zero-order valence-corrected chi connectivity index (χ0v) is 16.3. The van der Waals surface area contributed by atoms with Gasteiger partial charge in [0.05, 0.1) is 5.69 Å². The zero-order chi connectivity index (χ0) is 17.5. The standard InChI is InChI=1S/C18H30N4OS/c1-5-6-7-8-9-10-11-12-13-14-15-16(20-18(19-14)24-4)21(2)22(3)17(15)23/h5-13H2,1-4H3. The van der Waals surface area contributed by atoms with Gasteiger partial charge in [-0.25, -0.2) is 9.97 Å². The van der Waals surface area contributed by atoms with Gasteiger partial charge in [-0.3, -0.25) is 14.2 Å². The Morgan fingerprint density at radius 3 is 2.17 bits per heavy atom. The summed E-state index contributed by atoms with van der Waals surface area (Å²) in [6, 6.07) is 0. The maximum Gasteiger partial charge on any atom is 0.277 e. The minimum atomic E-state index is 0.00900. The van der Waals surface area contributed by atoms with Crippen LogP contribution in [0.3, 0.4) is 0 Å². The van der Waals surface area contributed by atoms with Gasteiger partial charge in [0.25, 0.3) is 5.56 Å². The van der Waals surface area contributed by atoms with E-state index in [1.165, 1.54) is 56.7 Å². The Kier molecular flexibility index (Phi) is 7.34. The van der Waals surface area contributed by atoms with Crippen LogP contribution in [0.5, 0.6) is 0 Å². The van der Waals surface area contributed by atoms with Gasteiger partial charge in [-0.15, -0.1) is 0 Å². The lowest BCUT2D eigenvalue weighted by Crippen LogP contribution is -2.17. The second kappa shape index (κ2) is 9.25. The van der Waals surface area contributed by atoms with Gasteiger partial charge < -0.3 is 0 Å². The van der Waals surface area contributed by atoms with Gasteiger partial charge in [0, 0.05) is 14.1 Å². The van der Waals surface area contributed by atoms with Gasteiger partial charge in [0.2, 0.25) is 0 Å². The average molecular weight is 351 g/mol. The Balaban J connectivity index is 2.01. The lowest BCUT2D eigenvalue weighted by atomic mass is 10.1. The van der Waals surface area contributed by atoms with Crippen molar-refractivity contribution in [2.45, 2.75) is 69.9 Å². The fourth-order valence-electron chi connectivity index (χ4n) is 3.06. The van der Waals surface area contributed by atoms with Crippen LogP contribution in [-0.2, 0) is 20.5 Å². The van der Waals surface area contributed by atoms with Crippen molar-refractivity contribution in [2.75, 3.05) is 6.26 Å². The molecule has 5 nitrogen and oxygen atoms in total. The van der Waals surface area contributed by atoms with Gasteiger partial charge in [-0.1, -0.05) is 63.6 Å². The molecule has 0 fully saturated rings. The molecule has 24 heavy (non-hydrogen) atoms. The quantitative estimate of drug-likeness (QED) is 0.368. The highest BCUT2D eigenvalue weighted by Crippen LogP contribution is 2.19. The highest BCUT2D eigenvalue weighted by molar-refractivity contribution is 7.98. The maximum absolute atomic E-state index is 12.5. The normalized spacial score (nSPS) is 11.5. The summed E-state index contributed by atoms with van der Waals surface area (Å²) in [5.41, 5.74) is 1.67. The van der Waals surface area contributed by atoms with E-state index in [4.69, 9.17) is 0 Å². The molecule has 0 aliphatic rings. The number of thioether (sulfide) groups is 1. The lowest BCUT2D eigenvalue weighted by molar-refractivity contribution is 0.573. The molecular formula is C18H30N4OS. The van der Waals surface area contributed by atoms with E-state index in [1.807, 2.05) is 18.0 Å². The minimum Gasteiger partial charge on any atom is -0.268 e. The predicted molar refractivity (Wildman–Crippen MR) is 102 cm³/mol. The number of unbranched alkanes of at least 4 members (excludes halogenated alkanes) is 7. The number of fused-ring (bicyclic) bond motifs is 1. The van der Waals surface area contributed by atoms with Gasteiger partial charge in [0.15, 0.2) is 10.8 Å². The zero-order valence-electron chi connectivity index (χ0n) is 15.5. The lowest BCUT2D eigenvalue weighted by Gasteiger charge is -2.05. The largest absolute Gasteiger partial charge is 0.277 e. The highest BCUT2D eigenvalue weighted by atomic mass is 32.2. The molecule has 0 spiro atoms. The van der Waals surface area contributed by atoms with E-state index in [-0.39, 0.29) is 5.56 Å². The Labute approximate surface area is 148 Å². The Hall–Kier alpha value is -1.30. The fourth-order valence-corrected chi connectivity index (χ4v) is 3.44. The van der Waals surface area contributed by atoms with Crippen LogP contribution in [0.25, 0.3) is 11.0 Å². The molecule has 6 heteroatoms. The van der Waals surface area contributed by atoms with Crippen molar-refractivity contribution >= 4 is 22.8 Å². The van der Waals surface area contributed by atoms with E-state index in [0.717, 1.165) is 29.3 Å². The van der Waals surface area contributed by atoms with Crippen molar-refractivity contribution in [1.29, 1.82) is 0 Å². The van der Waals surface area contributed by atoms with E-state index in [9.17, 15) is 4.79 Å². The third kappa shape index (κ3) is 4.41. The van der Waals surface area contributed by atoms with Crippen LogP contribution in [-0.4, -0.2) is 25.6 Å². The van der Waals surface area contributed by atoms with E-state index in [1.54, 1.807) is 11.7 Å². The first-order chi connectivity index (χ1) is 11.6. The summed E-state index contributed by atoms with van der Waals surface area (Å²) >= 11 is 1.53. The Bertz CT molecular complexity index is 720. The summed E-state index contributed by atoms with van der Waals surface area (Å²) in [4.78, 5) is 21.6. The molecule has 0 radical (unpaired) electrons. The molecule has 0 aliphatic heterocycles. The number of aromatic nitrogens is 4. The number of hydrogen-bond donors (Lipinski definition) is 0. The van der Waals surface area contributed by atoms with Crippen molar-refractivity contribution in [3.63, 3.8) is 0 Å². The average Bonchev–Trinajstić information content (AvgIpc) is 2.81. The summed E-state index contributed by atoms with van der Waals surface area (Å²) < 4.78 is 3.43. The SMILES string of the molecule is CCCCCCCCCCc1nc(SC)nc2c1c(=O)n(C)n2C. The first-order valence-corrected chi connectivity index (χ1v) is 10.3. The molecule has 0 atom stereocenters. The molecule has 0 amide bonds. The molecule has 2 aromatic rings. The molecule has 2 heterocycles. The van der Waals surface area contributed by atoms with Gasteiger partial charge in [-0.2, -0.15) is 0 Å². The molecule has 0 bridgehead atoms. The van der Waals surface area contributed by atoms with Crippen LogP contribution < -0.4 is 5.56 Å². The molecule has 0 N–H and O–H groups in total. The van der Waals surface area contributed by atoms with Crippen molar-refractivity contribution < 1.29 is 0 Å². The number of aryl methyl sites for hydroxylation is 2. The second-order valence-electron chi connectivity index (χ2n) is 6.43.